The largest absolute Gasteiger partial charge is 0.360 e. The van der Waals surface area contributed by atoms with Gasteiger partial charge in [0.1, 0.15) is 0 Å². The Bertz CT molecular complexity index is 1020. The normalized spacial score (nSPS) is 12.1. The first-order valence-corrected chi connectivity index (χ1v) is 8.41. The molecule has 4 rings (SSSR count). The van der Waals surface area contributed by atoms with Crippen LogP contribution in [0.5, 0.6) is 0 Å². The first-order chi connectivity index (χ1) is 12.7. The van der Waals surface area contributed by atoms with Gasteiger partial charge in [-0.25, -0.2) is 14.6 Å². The van der Waals surface area contributed by atoms with Crippen molar-refractivity contribution in [3.05, 3.63) is 65.2 Å². The third kappa shape index (κ3) is 3.43. The van der Waals surface area contributed by atoms with Crippen LogP contribution < -0.4 is 10.6 Å². The third-order valence-electron chi connectivity index (χ3n) is 3.87. The zero-order valence-electron chi connectivity index (χ0n) is 13.8. The number of benzene rings is 2. The number of anilines is 3. The molecule has 0 aliphatic carbocycles. The first kappa shape index (κ1) is 16.3. The molecule has 0 unspecified atom stereocenters. The summed E-state index contributed by atoms with van der Waals surface area (Å²) in [6.45, 7) is 2.05. The number of aromatic nitrogens is 4. The molecule has 0 aliphatic rings. The van der Waals surface area contributed by atoms with Gasteiger partial charge in [0.05, 0.1) is 6.04 Å². The maximum Gasteiger partial charge on any atom is 0.245 e. The highest BCUT2D eigenvalue weighted by Crippen LogP contribution is 2.27. The van der Waals surface area contributed by atoms with E-state index in [-0.39, 0.29) is 6.04 Å². The molecule has 0 aliphatic heterocycles. The van der Waals surface area contributed by atoms with Gasteiger partial charge in [-0.1, -0.05) is 41.9 Å². The monoisotopic (exact) mass is 366 g/mol. The molecule has 0 spiro atoms. The van der Waals surface area contributed by atoms with Crippen LogP contribution >= 0.6 is 11.6 Å². The van der Waals surface area contributed by atoms with Crippen molar-refractivity contribution < 1.29 is 4.63 Å². The Kier molecular flexibility index (Phi) is 4.37. The Labute approximate surface area is 154 Å². The van der Waals surface area contributed by atoms with Crippen LogP contribution in [0.25, 0.3) is 11.3 Å². The van der Waals surface area contributed by atoms with Crippen LogP contribution in [0.15, 0.2) is 59.2 Å². The standard InChI is InChI=1S/C18H15ClN6O/c1-11(12-5-3-2-4-6-12)20-15-16(21-14-9-7-13(19)8-10-14)23-18-17(22-15)24-26-25-18/h2-11H,1H3,(H,20,22,24)(H,21,23,25)/t11-/m1/s1. The van der Waals surface area contributed by atoms with Gasteiger partial charge in [0, 0.05) is 10.7 Å². The molecule has 7 nitrogen and oxygen atoms in total. The molecular formula is C18H15ClN6O. The summed E-state index contributed by atoms with van der Waals surface area (Å²) in [7, 11) is 0. The van der Waals surface area contributed by atoms with Crippen LogP contribution in [0.1, 0.15) is 18.5 Å². The van der Waals surface area contributed by atoms with Crippen LogP contribution in [0.2, 0.25) is 5.02 Å². The summed E-state index contributed by atoms with van der Waals surface area (Å²) in [5, 5.41) is 14.8. The fraction of sp³-hybridized carbons (Fsp3) is 0.111. The molecule has 2 N–H and O–H groups in total. The lowest BCUT2D eigenvalue weighted by Gasteiger charge is -2.17. The summed E-state index contributed by atoms with van der Waals surface area (Å²) >= 11 is 5.95. The van der Waals surface area contributed by atoms with Gasteiger partial charge in [-0.3, -0.25) is 0 Å². The summed E-state index contributed by atoms with van der Waals surface area (Å²) in [6, 6.07) is 17.4. The van der Waals surface area contributed by atoms with Crippen LogP contribution in [0, 0.1) is 0 Å². The minimum atomic E-state index is 0.0218. The quantitative estimate of drug-likeness (QED) is 0.534. The number of nitrogens with zero attached hydrogens (tertiary/aromatic N) is 4. The minimum absolute atomic E-state index is 0.0218. The molecule has 0 amide bonds. The lowest BCUT2D eigenvalue weighted by atomic mass is 10.1. The third-order valence-corrected chi connectivity index (χ3v) is 4.13. The molecule has 2 aromatic carbocycles. The molecule has 2 heterocycles. The Morgan fingerprint density at radius 3 is 2.23 bits per heavy atom. The van der Waals surface area contributed by atoms with Crippen LogP contribution in [0.3, 0.4) is 0 Å². The summed E-state index contributed by atoms with van der Waals surface area (Å²) in [4.78, 5) is 8.95. The summed E-state index contributed by atoms with van der Waals surface area (Å²) in [5.41, 5.74) is 2.63. The second-order valence-electron chi connectivity index (χ2n) is 5.74. The SMILES string of the molecule is C[C@@H](Nc1nc2nonc2nc1Nc1ccc(Cl)cc1)c1ccccc1. The number of rotatable bonds is 5. The van der Waals surface area contributed by atoms with E-state index in [2.05, 4.69) is 30.9 Å². The number of hydrogen-bond donors (Lipinski definition) is 2. The molecule has 2 aromatic heterocycles. The van der Waals surface area contributed by atoms with E-state index in [4.69, 9.17) is 16.2 Å². The van der Waals surface area contributed by atoms with Crippen LogP contribution in [-0.4, -0.2) is 20.3 Å². The van der Waals surface area contributed by atoms with Gasteiger partial charge in [0.15, 0.2) is 11.6 Å². The van der Waals surface area contributed by atoms with Crippen LogP contribution in [-0.2, 0) is 0 Å². The lowest BCUT2D eigenvalue weighted by Crippen LogP contribution is -2.11. The molecule has 0 radical (unpaired) electrons. The van der Waals surface area contributed by atoms with Gasteiger partial charge < -0.3 is 10.6 Å². The van der Waals surface area contributed by atoms with E-state index >= 15 is 0 Å². The van der Waals surface area contributed by atoms with Gasteiger partial charge in [-0.05, 0) is 47.1 Å². The number of fused-ring (bicyclic) bond motifs is 1. The van der Waals surface area contributed by atoms with Crippen LogP contribution in [0.4, 0.5) is 17.3 Å². The van der Waals surface area contributed by atoms with Gasteiger partial charge in [0.2, 0.25) is 11.3 Å². The van der Waals surface area contributed by atoms with E-state index in [1.165, 1.54) is 0 Å². The summed E-state index contributed by atoms with van der Waals surface area (Å²) in [6.07, 6.45) is 0. The highest BCUT2D eigenvalue weighted by atomic mass is 35.5. The molecule has 4 aromatic rings. The number of nitrogens with one attached hydrogen (secondary N) is 2. The van der Waals surface area contributed by atoms with E-state index in [9.17, 15) is 0 Å². The molecule has 8 heteroatoms. The fourth-order valence-corrected chi connectivity index (χ4v) is 2.65. The topological polar surface area (TPSA) is 88.8 Å². The minimum Gasteiger partial charge on any atom is -0.360 e. The van der Waals surface area contributed by atoms with E-state index in [0.717, 1.165) is 11.3 Å². The molecule has 1 atom stereocenters. The van der Waals surface area contributed by atoms with E-state index in [0.29, 0.717) is 28.0 Å². The molecule has 0 saturated heterocycles. The average Bonchev–Trinajstić information content (AvgIpc) is 3.11. The van der Waals surface area contributed by atoms with Gasteiger partial charge >= 0.3 is 0 Å². The number of halogens is 1. The Morgan fingerprint density at radius 1 is 0.885 bits per heavy atom. The maximum absolute atomic E-state index is 5.95. The van der Waals surface area contributed by atoms with Crippen molar-refractivity contribution in [1.29, 1.82) is 0 Å². The van der Waals surface area contributed by atoms with Gasteiger partial charge in [0.25, 0.3) is 0 Å². The maximum atomic E-state index is 5.95. The summed E-state index contributed by atoms with van der Waals surface area (Å²) in [5.74, 6) is 1.08. The van der Waals surface area contributed by atoms with Crippen molar-refractivity contribution in [3.8, 4) is 0 Å². The van der Waals surface area contributed by atoms with Crippen molar-refractivity contribution in [2.45, 2.75) is 13.0 Å². The van der Waals surface area contributed by atoms with Crippen molar-refractivity contribution in [1.82, 2.24) is 20.3 Å². The first-order valence-electron chi connectivity index (χ1n) is 8.03. The molecular weight excluding hydrogens is 352 g/mol. The summed E-state index contributed by atoms with van der Waals surface area (Å²) < 4.78 is 4.73. The van der Waals surface area contributed by atoms with E-state index in [1.54, 1.807) is 12.1 Å². The smallest absolute Gasteiger partial charge is 0.245 e. The van der Waals surface area contributed by atoms with Crippen molar-refractivity contribution in [3.63, 3.8) is 0 Å². The van der Waals surface area contributed by atoms with E-state index < -0.39 is 0 Å². The van der Waals surface area contributed by atoms with Crippen molar-refractivity contribution in [2.75, 3.05) is 10.6 Å². The van der Waals surface area contributed by atoms with E-state index in [1.807, 2.05) is 49.4 Å². The molecule has 26 heavy (non-hydrogen) atoms. The average molecular weight is 367 g/mol. The second kappa shape index (κ2) is 6.97. The Balaban J connectivity index is 1.68. The molecule has 130 valence electrons. The zero-order chi connectivity index (χ0) is 17.9. The second-order valence-corrected chi connectivity index (χ2v) is 6.18. The Hall–Kier alpha value is -3.19. The predicted octanol–water partition coefficient (Wildman–Crippen LogP) is 4.58. The van der Waals surface area contributed by atoms with Gasteiger partial charge in [-0.15, -0.1) is 0 Å². The van der Waals surface area contributed by atoms with Crippen molar-refractivity contribution >= 4 is 40.2 Å². The lowest BCUT2D eigenvalue weighted by molar-refractivity contribution is 0.314. The fourth-order valence-electron chi connectivity index (χ4n) is 2.53. The zero-order valence-corrected chi connectivity index (χ0v) is 14.6. The van der Waals surface area contributed by atoms with Gasteiger partial charge in [-0.2, -0.15) is 0 Å². The molecule has 0 bridgehead atoms. The molecule has 0 fully saturated rings. The highest BCUT2D eigenvalue weighted by molar-refractivity contribution is 6.30. The number of hydrogen-bond acceptors (Lipinski definition) is 7. The molecule has 0 saturated carbocycles. The highest BCUT2D eigenvalue weighted by Gasteiger charge is 2.15. The van der Waals surface area contributed by atoms with Crippen molar-refractivity contribution in [2.24, 2.45) is 0 Å². The Morgan fingerprint density at radius 2 is 1.54 bits per heavy atom. The predicted molar refractivity (Wildman–Crippen MR) is 101 cm³/mol.